The predicted molar refractivity (Wildman–Crippen MR) is 165 cm³/mol. The summed E-state index contributed by atoms with van der Waals surface area (Å²) < 4.78 is 31.4. The van der Waals surface area contributed by atoms with Crippen LogP contribution in [0.25, 0.3) is 0 Å². The van der Waals surface area contributed by atoms with Gasteiger partial charge in [-0.1, -0.05) is 23.2 Å². The molecule has 230 valence electrons. The summed E-state index contributed by atoms with van der Waals surface area (Å²) in [6.45, 7) is 4.43. The topological polar surface area (TPSA) is 106 Å². The number of hydrazine groups is 1. The summed E-state index contributed by atoms with van der Waals surface area (Å²) in [5.74, 6) is 0.447. The normalized spacial score (nSPS) is 16.8. The number of anilines is 1. The van der Waals surface area contributed by atoms with Gasteiger partial charge in [0.15, 0.2) is 5.75 Å². The highest BCUT2D eigenvalue weighted by Crippen LogP contribution is 2.35. The van der Waals surface area contributed by atoms with Gasteiger partial charge >= 0.3 is 0 Å². The molecule has 0 aliphatic carbocycles. The van der Waals surface area contributed by atoms with E-state index in [0.717, 1.165) is 19.6 Å². The molecule has 42 heavy (non-hydrogen) atoms. The molecule has 11 nitrogen and oxygen atoms in total. The Morgan fingerprint density at radius 2 is 1.57 bits per heavy atom. The van der Waals surface area contributed by atoms with E-state index >= 15 is 0 Å². The van der Waals surface area contributed by atoms with Crippen LogP contribution in [0.4, 0.5) is 5.69 Å². The predicted octanol–water partition coefficient (Wildman–Crippen LogP) is 2.75. The van der Waals surface area contributed by atoms with E-state index in [1.54, 1.807) is 59.4 Å². The number of carbonyl (C=O) groups excluding carboxylic acids is 2. The molecule has 0 bridgehead atoms. The number of likely N-dealkylation sites (tertiary alicyclic amines) is 1. The first-order chi connectivity index (χ1) is 20.0. The van der Waals surface area contributed by atoms with Crippen molar-refractivity contribution in [2.45, 2.75) is 12.8 Å². The highest BCUT2D eigenvalue weighted by atomic mass is 35.5. The summed E-state index contributed by atoms with van der Waals surface area (Å²) in [5, 5.41) is 7.26. The van der Waals surface area contributed by atoms with E-state index in [2.05, 4.69) is 10.2 Å². The number of halogens is 2. The van der Waals surface area contributed by atoms with Crippen molar-refractivity contribution in [1.82, 2.24) is 24.5 Å². The molecule has 0 radical (unpaired) electrons. The zero-order valence-electron chi connectivity index (χ0n) is 24.0. The van der Waals surface area contributed by atoms with E-state index in [1.165, 1.54) is 28.4 Å². The van der Waals surface area contributed by atoms with Crippen LogP contribution in [0.3, 0.4) is 0 Å². The molecule has 2 heterocycles. The minimum Gasteiger partial charge on any atom is -0.455 e. The van der Waals surface area contributed by atoms with Gasteiger partial charge in [0.25, 0.3) is 5.91 Å². The lowest BCUT2D eigenvalue weighted by Gasteiger charge is -2.39. The number of nitrogens with one attached hydrogen (secondary N) is 1. The first kappa shape index (κ1) is 32.3. The monoisotopic (exact) mass is 640 g/mol. The van der Waals surface area contributed by atoms with Crippen molar-refractivity contribution in [3.05, 3.63) is 52.5 Å². The van der Waals surface area contributed by atoms with Crippen LogP contribution in [0, 0.1) is 0 Å². The van der Waals surface area contributed by atoms with Gasteiger partial charge in [-0.3, -0.25) is 14.6 Å². The second-order valence-electron chi connectivity index (χ2n) is 10.5. The molecule has 2 fully saturated rings. The number of hydrogen-bond acceptors (Lipinski definition) is 8. The molecule has 2 aromatic carbocycles. The maximum atomic E-state index is 13.5. The van der Waals surface area contributed by atoms with Crippen LogP contribution < -0.4 is 15.0 Å². The Labute approximate surface area is 257 Å². The molecule has 0 aromatic heterocycles. The van der Waals surface area contributed by atoms with Crippen LogP contribution >= 0.6 is 23.2 Å². The molecule has 0 saturated carbocycles. The molecular formula is C28H38Cl2N6O5S. The van der Waals surface area contributed by atoms with Crippen molar-refractivity contribution in [3.63, 3.8) is 0 Å². The van der Waals surface area contributed by atoms with Crippen LogP contribution in [0.2, 0.25) is 10.0 Å². The van der Waals surface area contributed by atoms with Gasteiger partial charge in [0.2, 0.25) is 15.9 Å². The molecule has 14 heteroatoms. The van der Waals surface area contributed by atoms with Gasteiger partial charge in [-0.15, -0.1) is 0 Å². The van der Waals surface area contributed by atoms with E-state index in [0.29, 0.717) is 46.9 Å². The second kappa shape index (κ2) is 14.7. The van der Waals surface area contributed by atoms with Gasteiger partial charge in [0.1, 0.15) is 5.75 Å². The molecule has 4 rings (SSSR count). The standard InChI is InChI=1S/C28H38Cl2N6O5S/c1-32(35-15-17-36(18-16-35)42(2,39)40)28(38)21-34(20-27(37)31-11-14-33-12-3-4-13-33)25-19-23(30)7-10-26(25)41-24-8-5-22(29)6-9-24/h5-10,19H,3-4,11-18,20-21H2,1-2H3,(H,31,37). The Balaban J connectivity index is 1.50. The van der Waals surface area contributed by atoms with E-state index in [9.17, 15) is 18.0 Å². The largest absolute Gasteiger partial charge is 0.455 e. The van der Waals surface area contributed by atoms with Crippen molar-refractivity contribution < 1.29 is 22.7 Å². The third-order valence-corrected chi connectivity index (χ3v) is 9.17. The fourth-order valence-electron chi connectivity index (χ4n) is 5.00. The van der Waals surface area contributed by atoms with Crippen molar-refractivity contribution in [2.24, 2.45) is 0 Å². The molecule has 2 aromatic rings. The zero-order valence-corrected chi connectivity index (χ0v) is 26.3. The highest BCUT2D eigenvalue weighted by molar-refractivity contribution is 7.88. The van der Waals surface area contributed by atoms with E-state index in [4.69, 9.17) is 27.9 Å². The SMILES string of the molecule is CN(C(=O)CN(CC(=O)NCCN1CCCC1)c1cc(Cl)ccc1Oc1ccc(Cl)cc1)N1CCN(S(C)(=O)=O)CC1. The first-order valence-electron chi connectivity index (χ1n) is 13.9. The maximum Gasteiger partial charge on any atom is 0.256 e. The van der Waals surface area contributed by atoms with Crippen molar-refractivity contribution >= 4 is 50.7 Å². The summed E-state index contributed by atoms with van der Waals surface area (Å²) in [5.41, 5.74) is 0.482. The van der Waals surface area contributed by atoms with Crippen molar-refractivity contribution in [3.8, 4) is 11.5 Å². The number of benzene rings is 2. The summed E-state index contributed by atoms with van der Waals surface area (Å²) >= 11 is 12.4. The Hall–Kier alpha value is -2.61. The average molecular weight is 642 g/mol. The van der Waals surface area contributed by atoms with Gasteiger partial charge in [-0.2, -0.15) is 4.31 Å². The summed E-state index contributed by atoms with van der Waals surface area (Å²) in [6, 6.07) is 11.9. The van der Waals surface area contributed by atoms with Crippen LogP contribution in [-0.2, 0) is 19.6 Å². The third kappa shape index (κ3) is 9.19. The zero-order chi connectivity index (χ0) is 30.3. The molecule has 2 aliphatic rings. The average Bonchev–Trinajstić information content (AvgIpc) is 3.47. The van der Waals surface area contributed by atoms with Gasteiger partial charge in [-0.25, -0.2) is 13.4 Å². The molecule has 2 amide bonds. The lowest BCUT2D eigenvalue weighted by Crippen LogP contribution is -2.56. The van der Waals surface area contributed by atoms with Crippen LogP contribution in [0.1, 0.15) is 12.8 Å². The van der Waals surface area contributed by atoms with Crippen LogP contribution in [-0.4, -0.2) is 118 Å². The summed E-state index contributed by atoms with van der Waals surface area (Å²) in [7, 11) is -1.65. The second-order valence-corrected chi connectivity index (χ2v) is 13.3. The Bertz CT molecular complexity index is 1330. The molecule has 0 atom stereocenters. The number of ether oxygens (including phenoxy) is 1. The Morgan fingerprint density at radius 3 is 2.21 bits per heavy atom. The van der Waals surface area contributed by atoms with E-state index < -0.39 is 10.0 Å². The van der Waals surface area contributed by atoms with Gasteiger partial charge in [0.05, 0.1) is 25.0 Å². The molecule has 1 N–H and O–H groups in total. The fourth-order valence-corrected chi connectivity index (χ4v) is 6.12. The number of carbonyl (C=O) groups is 2. The first-order valence-corrected chi connectivity index (χ1v) is 16.5. The lowest BCUT2D eigenvalue weighted by atomic mass is 10.2. The highest BCUT2D eigenvalue weighted by Gasteiger charge is 2.29. The molecular weight excluding hydrogens is 603 g/mol. The quantitative estimate of drug-likeness (QED) is 0.378. The van der Waals surface area contributed by atoms with Crippen LogP contribution in [0.5, 0.6) is 11.5 Å². The fraction of sp³-hybridized carbons (Fsp3) is 0.500. The third-order valence-electron chi connectivity index (χ3n) is 7.38. The number of rotatable bonds is 12. The van der Waals surface area contributed by atoms with Crippen molar-refractivity contribution in [1.29, 1.82) is 0 Å². The summed E-state index contributed by atoms with van der Waals surface area (Å²) in [6.07, 6.45) is 3.53. The number of amides is 2. The van der Waals surface area contributed by atoms with Gasteiger partial charge < -0.3 is 19.9 Å². The summed E-state index contributed by atoms with van der Waals surface area (Å²) in [4.78, 5) is 30.6. The smallest absolute Gasteiger partial charge is 0.256 e. The van der Waals surface area contributed by atoms with Crippen molar-refractivity contribution in [2.75, 3.05) is 83.7 Å². The number of hydrogen-bond donors (Lipinski definition) is 1. The Morgan fingerprint density at radius 1 is 0.929 bits per heavy atom. The number of piperazine rings is 1. The van der Waals surface area contributed by atoms with E-state index in [1.807, 2.05) is 0 Å². The van der Waals surface area contributed by atoms with Gasteiger partial charge in [-0.05, 0) is 68.4 Å². The molecule has 2 saturated heterocycles. The minimum atomic E-state index is -3.30. The number of likely N-dealkylation sites (N-methyl/N-ethyl adjacent to an activating group) is 1. The Kier molecular flexibility index (Phi) is 11.3. The lowest BCUT2D eigenvalue weighted by molar-refractivity contribution is -0.146. The van der Waals surface area contributed by atoms with E-state index in [-0.39, 0.29) is 38.0 Å². The van der Waals surface area contributed by atoms with Gasteiger partial charge in [0, 0.05) is 56.4 Å². The van der Waals surface area contributed by atoms with Crippen LogP contribution in [0.15, 0.2) is 42.5 Å². The molecule has 0 unspecified atom stereocenters. The number of sulfonamides is 1. The number of nitrogens with zero attached hydrogens (tertiary/aromatic N) is 5. The maximum absolute atomic E-state index is 13.5. The minimum absolute atomic E-state index is 0.0985. The molecule has 2 aliphatic heterocycles. The molecule has 0 spiro atoms.